The Hall–Kier alpha value is -3.19. The molecule has 0 saturated carbocycles. The summed E-state index contributed by atoms with van der Waals surface area (Å²) in [5.74, 6) is -12.2. The van der Waals surface area contributed by atoms with Crippen molar-refractivity contribution in [3.63, 3.8) is 0 Å². The first-order valence-corrected chi connectivity index (χ1v) is 12.5. The van der Waals surface area contributed by atoms with Crippen LogP contribution in [0.2, 0.25) is 0 Å². The van der Waals surface area contributed by atoms with E-state index >= 15 is 0 Å². The number of hydrogen-bond donors (Lipinski definition) is 0. The molecule has 2 aliphatic rings. The van der Waals surface area contributed by atoms with Gasteiger partial charge in [0, 0.05) is 30.3 Å². The minimum atomic E-state index is -4.52. The maximum Gasteiger partial charge on any atom is 0.416 e. The van der Waals surface area contributed by atoms with Crippen molar-refractivity contribution >= 4 is 17.7 Å². The van der Waals surface area contributed by atoms with Crippen molar-refractivity contribution < 1.29 is 48.8 Å². The van der Waals surface area contributed by atoms with Gasteiger partial charge < -0.3 is 18.6 Å². The van der Waals surface area contributed by atoms with Crippen LogP contribution in [0.3, 0.4) is 0 Å². The van der Waals surface area contributed by atoms with Gasteiger partial charge in [0.05, 0.1) is 42.3 Å². The van der Waals surface area contributed by atoms with E-state index in [0.29, 0.717) is 67.3 Å². The number of rotatable bonds is 5. The highest BCUT2D eigenvalue weighted by molar-refractivity contribution is 7.95. The Labute approximate surface area is 221 Å². The standard InChI is InChI=1S/C26H19F8NO3S/c27-20-21(28)23(30)25(24(31)22(20)29)38-39-14-2-4-17-15(5-8-37-19(17)12-14)16-3-1-13(26(32,33)34)11-18(16)35-6-9-36-10-7-35/h1-4,11-12,15H,5-10H2. The van der Waals surface area contributed by atoms with E-state index in [1.165, 1.54) is 18.2 Å². The van der Waals surface area contributed by atoms with Gasteiger partial charge in [0.2, 0.25) is 34.8 Å². The maximum atomic E-state index is 13.9. The molecule has 1 fully saturated rings. The first-order chi connectivity index (χ1) is 18.6. The molecular formula is C26H19F8NO3S. The van der Waals surface area contributed by atoms with Crippen LogP contribution in [0.15, 0.2) is 41.3 Å². The lowest BCUT2D eigenvalue weighted by atomic mass is 9.85. The van der Waals surface area contributed by atoms with Gasteiger partial charge in [-0.15, -0.1) is 0 Å². The first-order valence-electron chi connectivity index (χ1n) is 11.7. The average Bonchev–Trinajstić information content (AvgIpc) is 2.94. The Morgan fingerprint density at radius 1 is 0.795 bits per heavy atom. The van der Waals surface area contributed by atoms with Gasteiger partial charge in [-0.1, -0.05) is 12.1 Å². The van der Waals surface area contributed by atoms with Gasteiger partial charge in [-0.25, -0.2) is 13.2 Å². The summed E-state index contributed by atoms with van der Waals surface area (Å²) in [7, 11) is 0. The number of anilines is 1. The predicted octanol–water partition coefficient (Wildman–Crippen LogP) is 7.24. The molecule has 0 aliphatic carbocycles. The molecule has 2 aliphatic heterocycles. The van der Waals surface area contributed by atoms with E-state index in [0.717, 1.165) is 12.1 Å². The molecule has 0 bridgehead atoms. The van der Waals surface area contributed by atoms with Gasteiger partial charge in [0.15, 0.2) is 0 Å². The highest BCUT2D eigenvalue weighted by Gasteiger charge is 2.34. The predicted molar refractivity (Wildman–Crippen MR) is 126 cm³/mol. The van der Waals surface area contributed by atoms with Crippen LogP contribution >= 0.6 is 12.0 Å². The fraction of sp³-hybridized carbons (Fsp3) is 0.308. The van der Waals surface area contributed by atoms with Crippen LogP contribution in [0.25, 0.3) is 0 Å². The van der Waals surface area contributed by atoms with E-state index in [1.807, 2.05) is 4.90 Å². The molecule has 39 heavy (non-hydrogen) atoms. The fourth-order valence-corrected chi connectivity index (χ4v) is 5.19. The molecule has 208 valence electrons. The van der Waals surface area contributed by atoms with Gasteiger partial charge in [0.1, 0.15) is 5.75 Å². The molecule has 0 aromatic heterocycles. The highest BCUT2D eigenvalue weighted by atomic mass is 32.2. The quantitative estimate of drug-likeness (QED) is 0.138. The van der Waals surface area contributed by atoms with E-state index in [1.54, 1.807) is 6.07 Å². The molecule has 5 rings (SSSR count). The maximum absolute atomic E-state index is 13.9. The van der Waals surface area contributed by atoms with Crippen molar-refractivity contribution in [1.82, 2.24) is 0 Å². The molecule has 3 aromatic carbocycles. The number of morpholine rings is 1. The summed E-state index contributed by atoms with van der Waals surface area (Å²) in [5.41, 5.74) is 1.01. The van der Waals surface area contributed by atoms with Crippen LogP contribution < -0.4 is 13.8 Å². The van der Waals surface area contributed by atoms with E-state index < -0.39 is 46.6 Å². The summed E-state index contributed by atoms with van der Waals surface area (Å²) in [6.07, 6.45) is -4.04. The SMILES string of the molecule is Fc1c(F)c(F)c(OSc2ccc3c(c2)OCCC3c2ccc(C(F)(F)F)cc2N2CCOCC2)c(F)c1F. The zero-order valence-electron chi connectivity index (χ0n) is 19.9. The van der Waals surface area contributed by atoms with Gasteiger partial charge >= 0.3 is 6.18 Å². The summed E-state index contributed by atoms with van der Waals surface area (Å²) < 4.78 is 125. The van der Waals surface area contributed by atoms with Gasteiger partial charge in [-0.05, 0) is 36.2 Å². The average molecular weight is 577 g/mol. The Morgan fingerprint density at radius 2 is 1.44 bits per heavy atom. The number of halogens is 8. The largest absolute Gasteiger partial charge is 0.493 e. The van der Waals surface area contributed by atoms with Crippen LogP contribution in [0.1, 0.15) is 29.0 Å². The Bertz CT molecular complexity index is 1370. The fourth-order valence-electron chi connectivity index (χ4n) is 4.59. The molecule has 4 nitrogen and oxygen atoms in total. The summed E-state index contributed by atoms with van der Waals surface area (Å²) in [6, 6.07) is 8.23. The lowest BCUT2D eigenvalue weighted by molar-refractivity contribution is -0.137. The Morgan fingerprint density at radius 3 is 2.10 bits per heavy atom. The molecule has 13 heteroatoms. The Kier molecular flexibility index (Phi) is 7.55. The lowest BCUT2D eigenvalue weighted by Gasteiger charge is -2.34. The lowest BCUT2D eigenvalue weighted by Crippen LogP contribution is -2.37. The van der Waals surface area contributed by atoms with E-state index in [4.69, 9.17) is 13.7 Å². The minimum Gasteiger partial charge on any atom is -0.493 e. The monoisotopic (exact) mass is 577 g/mol. The highest BCUT2D eigenvalue weighted by Crippen LogP contribution is 2.45. The summed E-state index contributed by atoms with van der Waals surface area (Å²) in [6.45, 7) is 1.84. The number of fused-ring (bicyclic) bond motifs is 1. The molecular weight excluding hydrogens is 558 g/mol. The number of alkyl halides is 3. The molecule has 0 spiro atoms. The van der Waals surface area contributed by atoms with Crippen LogP contribution in [0, 0.1) is 29.1 Å². The third kappa shape index (κ3) is 5.33. The van der Waals surface area contributed by atoms with Crippen molar-refractivity contribution in [1.29, 1.82) is 0 Å². The van der Waals surface area contributed by atoms with Crippen molar-refractivity contribution in [3.8, 4) is 11.5 Å². The summed E-state index contributed by atoms with van der Waals surface area (Å²) >= 11 is 0.363. The molecule has 0 radical (unpaired) electrons. The second kappa shape index (κ2) is 10.8. The third-order valence-electron chi connectivity index (χ3n) is 6.50. The van der Waals surface area contributed by atoms with Crippen LogP contribution in [-0.4, -0.2) is 32.9 Å². The molecule has 3 aromatic rings. The topological polar surface area (TPSA) is 30.9 Å². The van der Waals surface area contributed by atoms with E-state index in [2.05, 4.69) is 0 Å². The van der Waals surface area contributed by atoms with Gasteiger partial charge in [0.25, 0.3) is 0 Å². The molecule has 1 saturated heterocycles. The van der Waals surface area contributed by atoms with Crippen molar-refractivity contribution in [3.05, 3.63) is 82.2 Å². The summed E-state index contributed by atoms with van der Waals surface area (Å²) in [4.78, 5) is 2.09. The Balaban J connectivity index is 1.45. The molecule has 1 atom stereocenters. The number of benzene rings is 3. The first kappa shape index (κ1) is 27.4. The number of hydrogen-bond acceptors (Lipinski definition) is 5. The third-order valence-corrected chi connectivity index (χ3v) is 7.20. The second-order valence-corrected chi connectivity index (χ2v) is 9.63. The minimum absolute atomic E-state index is 0.230. The van der Waals surface area contributed by atoms with Crippen molar-refractivity contribution in [2.75, 3.05) is 37.8 Å². The summed E-state index contributed by atoms with van der Waals surface area (Å²) in [5, 5.41) is 0. The number of ether oxygens (including phenoxy) is 2. The van der Waals surface area contributed by atoms with Gasteiger partial charge in [-0.3, -0.25) is 0 Å². The smallest absolute Gasteiger partial charge is 0.416 e. The van der Waals surface area contributed by atoms with Crippen LogP contribution in [0.4, 0.5) is 40.8 Å². The van der Waals surface area contributed by atoms with Crippen LogP contribution in [-0.2, 0) is 10.9 Å². The van der Waals surface area contributed by atoms with E-state index in [-0.39, 0.29) is 17.4 Å². The zero-order chi connectivity index (χ0) is 27.9. The normalized spacial score (nSPS) is 17.5. The van der Waals surface area contributed by atoms with Gasteiger partial charge in [-0.2, -0.15) is 22.0 Å². The van der Waals surface area contributed by atoms with E-state index in [9.17, 15) is 35.1 Å². The van der Waals surface area contributed by atoms with Crippen molar-refractivity contribution in [2.45, 2.75) is 23.4 Å². The molecule has 0 N–H and O–H groups in total. The number of nitrogens with zero attached hydrogens (tertiary/aromatic N) is 1. The van der Waals surface area contributed by atoms with Crippen LogP contribution in [0.5, 0.6) is 11.5 Å². The zero-order valence-corrected chi connectivity index (χ0v) is 20.7. The molecule has 0 amide bonds. The second-order valence-electron chi connectivity index (χ2n) is 8.83. The van der Waals surface area contributed by atoms with Crippen molar-refractivity contribution in [2.24, 2.45) is 0 Å². The molecule has 2 heterocycles. The molecule has 1 unspecified atom stereocenters.